The van der Waals surface area contributed by atoms with E-state index in [4.69, 9.17) is 9.47 Å². The summed E-state index contributed by atoms with van der Waals surface area (Å²) in [5, 5.41) is 5.69. The van der Waals surface area contributed by atoms with E-state index in [-0.39, 0.29) is 17.9 Å². The number of nitrogens with one attached hydrogen (secondary N) is 2. The Balaban J connectivity index is 1.65. The Kier molecular flexibility index (Phi) is 6.87. The van der Waals surface area contributed by atoms with Gasteiger partial charge in [0.05, 0.1) is 20.3 Å². The van der Waals surface area contributed by atoms with Crippen LogP contribution in [0.1, 0.15) is 39.2 Å². The smallest absolute Gasteiger partial charge is 0.255 e. The monoisotopic (exact) mass is 422 g/mol. The second-order valence-corrected chi connectivity index (χ2v) is 6.88. The molecule has 1 atom stereocenters. The minimum Gasteiger partial charge on any atom is -0.497 e. The van der Waals surface area contributed by atoms with Crippen LogP contribution in [0.4, 0.5) is 10.1 Å². The molecule has 0 heterocycles. The van der Waals surface area contributed by atoms with Gasteiger partial charge in [-0.3, -0.25) is 9.59 Å². The van der Waals surface area contributed by atoms with Gasteiger partial charge in [-0.25, -0.2) is 4.39 Å². The molecule has 3 aromatic carbocycles. The van der Waals surface area contributed by atoms with Gasteiger partial charge in [-0.05, 0) is 61.0 Å². The standard InChI is InChI=1S/C24H23FN2O4/c1-15(26-24(29)18-12-21(30-2)14-22(13-18)31-3)16-6-10-20(11-7-16)27-23(28)17-4-8-19(25)9-5-17/h4-15H,1-3H3,(H,26,29)(H,27,28). The number of rotatable bonds is 7. The lowest BCUT2D eigenvalue weighted by Crippen LogP contribution is -2.26. The van der Waals surface area contributed by atoms with Gasteiger partial charge in [-0.2, -0.15) is 0 Å². The van der Waals surface area contributed by atoms with Crippen LogP contribution in [-0.4, -0.2) is 26.0 Å². The fraction of sp³-hybridized carbons (Fsp3) is 0.167. The minimum atomic E-state index is -0.399. The molecule has 0 radical (unpaired) electrons. The number of carbonyl (C=O) groups excluding carboxylic acids is 2. The zero-order valence-corrected chi connectivity index (χ0v) is 17.4. The maximum atomic E-state index is 13.0. The van der Waals surface area contributed by atoms with Gasteiger partial charge in [0.1, 0.15) is 17.3 Å². The lowest BCUT2D eigenvalue weighted by Gasteiger charge is -2.16. The topological polar surface area (TPSA) is 76.7 Å². The SMILES string of the molecule is COc1cc(OC)cc(C(=O)NC(C)c2ccc(NC(=O)c3ccc(F)cc3)cc2)c1. The van der Waals surface area contributed by atoms with Gasteiger partial charge in [0.2, 0.25) is 0 Å². The molecule has 0 aromatic heterocycles. The fourth-order valence-corrected chi connectivity index (χ4v) is 2.96. The van der Waals surface area contributed by atoms with Crippen molar-refractivity contribution in [2.45, 2.75) is 13.0 Å². The van der Waals surface area contributed by atoms with Crippen molar-refractivity contribution in [3.63, 3.8) is 0 Å². The fourth-order valence-electron chi connectivity index (χ4n) is 2.96. The predicted molar refractivity (Wildman–Crippen MR) is 116 cm³/mol. The molecule has 3 aromatic rings. The van der Waals surface area contributed by atoms with E-state index in [9.17, 15) is 14.0 Å². The second-order valence-electron chi connectivity index (χ2n) is 6.88. The van der Waals surface area contributed by atoms with Crippen LogP contribution in [0.5, 0.6) is 11.5 Å². The van der Waals surface area contributed by atoms with Crippen LogP contribution >= 0.6 is 0 Å². The number of hydrogen-bond donors (Lipinski definition) is 2. The van der Waals surface area contributed by atoms with E-state index in [2.05, 4.69) is 10.6 Å². The molecule has 3 rings (SSSR count). The summed E-state index contributed by atoms with van der Waals surface area (Å²) in [7, 11) is 3.05. The highest BCUT2D eigenvalue weighted by Gasteiger charge is 2.14. The van der Waals surface area contributed by atoms with E-state index >= 15 is 0 Å². The average molecular weight is 422 g/mol. The van der Waals surface area contributed by atoms with Gasteiger partial charge in [0.25, 0.3) is 11.8 Å². The summed E-state index contributed by atoms with van der Waals surface area (Å²) >= 11 is 0. The number of hydrogen-bond acceptors (Lipinski definition) is 4. The summed E-state index contributed by atoms with van der Waals surface area (Å²) in [5.74, 6) is 0.0561. The summed E-state index contributed by atoms with van der Waals surface area (Å²) in [6, 6.07) is 17.1. The first kappa shape index (κ1) is 21.8. The highest BCUT2D eigenvalue weighted by molar-refractivity contribution is 6.04. The summed E-state index contributed by atoms with van der Waals surface area (Å²) in [5.41, 5.74) is 2.24. The van der Waals surface area contributed by atoms with E-state index in [1.165, 1.54) is 38.5 Å². The quantitative estimate of drug-likeness (QED) is 0.584. The van der Waals surface area contributed by atoms with Crippen molar-refractivity contribution < 1.29 is 23.5 Å². The third-order valence-corrected chi connectivity index (χ3v) is 4.74. The molecule has 0 saturated carbocycles. The Morgan fingerprint density at radius 3 is 1.94 bits per heavy atom. The molecule has 0 spiro atoms. The van der Waals surface area contributed by atoms with Crippen molar-refractivity contribution in [2.75, 3.05) is 19.5 Å². The molecule has 6 nitrogen and oxygen atoms in total. The van der Waals surface area contributed by atoms with E-state index < -0.39 is 5.82 Å². The number of amides is 2. The number of halogens is 1. The highest BCUT2D eigenvalue weighted by Crippen LogP contribution is 2.23. The molecule has 0 fully saturated rings. The molecule has 0 bridgehead atoms. The Labute approximate surface area is 180 Å². The zero-order valence-electron chi connectivity index (χ0n) is 17.4. The molecule has 7 heteroatoms. The number of anilines is 1. The minimum absolute atomic E-state index is 0.265. The molecule has 2 amide bonds. The largest absolute Gasteiger partial charge is 0.497 e. The Hall–Kier alpha value is -3.87. The van der Waals surface area contributed by atoms with Gasteiger partial charge in [-0.1, -0.05) is 12.1 Å². The predicted octanol–water partition coefficient (Wildman–Crippen LogP) is 4.59. The van der Waals surface area contributed by atoms with Crippen molar-refractivity contribution in [3.05, 3.63) is 89.2 Å². The van der Waals surface area contributed by atoms with Crippen molar-refractivity contribution in [2.24, 2.45) is 0 Å². The van der Waals surface area contributed by atoms with E-state index in [1.807, 2.05) is 19.1 Å². The van der Waals surface area contributed by atoms with Crippen LogP contribution in [0.3, 0.4) is 0 Å². The lowest BCUT2D eigenvalue weighted by molar-refractivity contribution is 0.0938. The lowest BCUT2D eigenvalue weighted by atomic mass is 10.1. The van der Waals surface area contributed by atoms with Crippen LogP contribution in [0.15, 0.2) is 66.7 Å². The van der Waals surface area contributed by atoms with Gasteiger partial charge in [0.15, 0.2) is 0 Å². The van der Waals surface area contributed by atoms with Crippen molar-refractivity contribution in [1.29, 1.82) is 0 Å². The number of methoxy groups -OCH3 is 2. The van der Waals surface area contributed by atoms with E-state index in [1.54, 1.807) is 30.3 Å². The highest BCUT2D eigenvalue weighted by atomic mass is 19.1. The van der Waals surface area contributed by atoms with Crippen LogP contribution < -0.4 is 20.1 Å². The van der Waals surface area contributed by atoms with Crippen molar-refractivity contribution >= 4 is 17.5 Å². The molecule has 0 aliphatic carbocycles. The number of carbonyl (C=O) groups is 2. The van der Waals surface area contributed by atoms with Crippen LogP contribution in [0.2, 0.25) is 0 Å². The summed E-state index contributed by atoms with van der Waals surface area (Å²) < 4.78 is 23.4. The first-order valence-electron chi connectivity index (χ1n) is 9.60. The molecule has 0 aliphatic heterocycles. The zero-order chi connectivity index (χ0) is 22.4. The Morgan fingerprint density at radius 1 is 0.806 bits per heavy atom. The first-order chi connectivity index (χ1) is 14.9. The summed E-state index contributed by atoms with van der Waals surface area (Å²) in [4.78, 5) is 24.9. The van der Waals surface area contributed by atoms with E-state index in [0.29, 0.717) is 28.3 Å². The van der Waals surface area contributed by atoms with Gasteiger partial charge < -0.3 is 20.1 Å². The maximum absolute atomic E-state index is 13.0. The Bertz CT molecular complexity index is 1040. The molecule has 2 N–H and O–H groups in total. The number of ether oxygens (including phenoxy) is 2. The second kappa shape index (κ2) is 9.75. The molecule has 31 heavy (non-hydrogen) atoms. The van der Waals surface area contributed by atoms with Crippen molar-refractivity contribution in [3.8, 4) is 11.5 Å². The van der Waals surface area contributed by atoms with Crippen molar-refractivity contribution in [1.82, 2.24) is 5.32 Å². The van der Waals surface area contributed by atoms with Crippen LogP contribution in [0, 0.1) is 5.82 Å². The van der Waals surface area contributed by atoms with Gasteiger partial charge in [-0.15, -0.1) is 0 Å². The van der Waals surface area contributed by atoms with Gasteiger partial charge >= 0.3 is 0 Å². The van der Waals surface area contributed by atoms with Gasteiger partial charge in [0, 0.05) is 22.9 Å². The third kappa shape index (κ3) is 5.60. The average Bonchev–Trinajstić information content (AvgIpc) is 2.79. The van der Waals surface area contributed by atoms with E-state index in [0.717, 1.165) is 5.56 Å². The molecule has 0 saturated heterocycles. The van der Waals surface area contributed by atoms with Crippen LogP contribution in [0.25, 0.3) is 0 Å². The molecular formula is C24H23FN2O4. The molecular weight excluding hydrogens is 399 g/mol. The third-order valence-electron chi connectivity index (χ3n) is 4.74. The number of benzene rings is 3. The molecule has 1 unspecified atom stereocenters. The molecule has 0 aliphatic rings. The Morgan fingerprint density at radius 2 is 1.39 bits per heavy atom. The van der Waals surface area contributed by atoms with Crippen LogP contribution in [-0.2, 0) is 0 Å². The summed E-state index contributed by atoms with van der Waals surface area (Å²) in [6.07, 6.45) is 0. The molecule has 160 valence electrons. The normalized spacial score (nSPS) is 11.4. The summed E-state index contributed by atoms with van der Waals surface area (Å²) in [6.45, 7) is 1.86. The first-order valence-corrected chi connectivity index (χ1v) is 9.60. The maximum Gasteiger partial charge on any atom is 0.255 e.